The van der Waals surface area contributed by atoms with E-state index in [2.05, 4.69) is 17.6 Å². The van der Waals surface area contributed by atoms with Crippen LogP contribution in [0.4, 0.5) is 5.69 Å². The Bertz CT molecular complexity index is 970. The lowest BCUT2D eigenvalue weighted by molar-refractivity contribution is -0.113. The van der Waals surface area contributed by atoms with E-state index in [-0.39, 0.29) is 11.6 Å². The van der Waals surface area contributed by atoms with Crippen molar-refractivity contribution >= 4 is 23.6 Å². The van der Waals surface area contributed by atoms with E-state index in [1.54, 1.807) is 24.3 Å². The summed E-state index contributed by atoms with van der Waals surface area (Å²) in [5.41, 5.74) is 3.45. The Balaban J connectivity index is 1.80. The van der Waals surface area contributed by atoms with Crippen LogP contribution < -0.4 is 10.6 Å². The normalized spacial score (nSPS) is 11.1. The van der Waals surface area contributed by atoms with Gasteiger partial charge in [-0.25, -0.2) is 0 Å². The standard InChI is InChI=1S/C23H22N2O3/c1-3-17-8-12-19(13-9-17)24-23(27)21(15-20-5-4-14-28-20)25-22(26)18-10-6-16(2)7-11-18/h4-15H,3H2,1-2H3,(H,24,27)(H,25,26)/b21-15-. The van der Waals surface area contributed by atoms with Gasteiger partial charge in [0.25, 0.3) is 11.8 Å². The largest absolute Gasteiger partial charge is 0.465 e. The van der Waals surface area contributed by atoms with Crippen molar-refractivity contribution in [2.75, 3.05) is 5.32 Å². The predicted molar refractivity (Wildman–Crippen MR) is 110 cm³/mol. The van der Waals surface area contributed by atoms with E-state index < -0.39 is 5.91 Å². The molecule has 2 amide bonds. The van der Waals surface area contributed by atoms with Crippen LogP contribution in [0, 0.1) is 6.92 Å². The van der Waals surface area contributed by atoms with Crippen molar-refractivity contribution < 1.29 is 14.0 Å². The van der Waals surface area contributed by atoms with E-state index in [0.29, 0.717) is 17.0 Å². The third-order valence-corrected chi connectivity index (χ3v) is 4.26. The molecule has 2 N–H and O–H groups in total. The van der Waals surface area contributed by atoms with Crippen molar-refractivity contribution in [1.82, 2.24) is 5.32 Å². The lowest BCUT2D eigenvalue weighted by Crippen LogP contribution is -2.30. The molecule has 0 aliphatic carbocycles. The van der Waals surface area contributed by atoms with Gasteiger partial charge in [-0.2, -0.15) is 0 Å². The number of nitrogens with one attached hydrogen (secondary N) is 2. The van der Waals surface area contributed by atoms with Gasteiger partial charge in [-0.1, -0.05) is 36.8 Å². The van der Waals surface area contributed by atoms with Gasteiger partial charge in [0.1, 0.15) is 11.5 Å². The molecule has 0 aliphatic heterocycles. The van der Waals surface area contributed by atoms with Gasteiger partial charge in [0.2, 0.25) is 0 Å². The summed E-state index contributed by atoms with van der Waals surface area (Å²) in [5.74, 6) is -0.328. The second-order valence-corrected chi connectivity index (χ2v) is 6.40. The minimum atomic E-state index is -0.430. The average molecular weight is 374 g/mol. The van der Waals surface area contributed by atoms with E-state index >= 15 is 0 Å². The highest BCUT2D eigenvalue weighted by atomic mass is 16.3. The number of hydrogen-bond acceptors (Lipinski definition) is 3. The summed E-state index contributed by atoms with van der Waals surface area (Å²) in [6, 6.07) is 18.1. The minimum Gasteiger partial charge on any atom is -0.465 e. The first-order chi connectivity index (χ1) is 13.5. The Morgan fingerprint density at radius 3 is 2.32 bits per heavy atom. The molecule has 1 aromatic heterocycles. The van der Waals surface area contributed by atoms with Crippen LogP contribution >= 0.6 is 0 Å². The van der Waals surface area contributed by atoms with Crippen molar-refractivity contribution in [2.45, 2.75) is 20.3 Å². The number of amides is 2. The van der Waals surface area contributed by atoms with Gasteiger partial charge < -0.3 is 15.1 Å². The topological polar surface area (TPSA) is 71.3 Å². The first-order valence-electron chi connectivity index (χ1n) is 9.08. The molecule has 3 rings (SSSR count). The van der Waals surface area contributed by atoms with Gasteiger partial charge in [0.05, 0.1) is 6.26 Å². The van der Waals surface area contributed by atoms with Crippen LogP contribution in [-0.2, 0) is 11.2 Å². The molecule has 5 nitrogen and oxygen atoms in total. The van der Waals surface area contributed by atoms with Crippen LogP contribution in [0.5, 0.6) is 0 Å². The summed E-state index contributed by atoms with van der Waals surface area (Å²) in [5, 5.41) is 5.49. The number of carbonyl (C=O) groups is 2. The second kappa shape index (κ2) is 8.86. The van der Waals surface area contributed by atoms with Gasteiger partial charge >= 0.3 is 0 Å². The summed E-state index contributed by atoms with van der Waals surface area (Å²) in [7, 11) is 0. The van der Waals surface area contributed by atoms with Gasteiger partial charge in [-0.05, 0) is 55.3 Å². The smallest absolute Gasteiger partial charge is 0.272 e. The third kappa shape index (κ3) is 4.98. The SMILES string of the molecule is CCc1ccc(NC(=O)/C(=C/c2ccco2)NC(=O)c2ccc(C)cc2)cc1. The van der Waals surface area contributed by atoms with Crippen molar-refractivity contribution in [3.05, 3.63) is 95.1 Å². The molecule has 142 valence electrons. The number of carbonyl (C=O) groups excluding carboxylic acids is 2. The van der Waals surface area contributed by atoms with Crippen LogP contribution in [0.15, 0.2) is 77.0 Å². The van der Waals surface area contributed by atoms with Crippen LogP contribution in [0.25, 0.3) is 6.08 Å². The van der Waals surface area contributed by atoms with Gasteiger partial charge in [0, 0.05) is 17.3 Å². The van der Waals surface area contributed by atoms with Crippen molar-refractivity contribution in [3.8, 4) is 0 Å². The lowest BCUT2D eigenvalue weighted by Gasteiger charge is -2.11. The van der Waals surface area contributed by atoms with E-state index in [4.69, 9.17) is 4.42 Å². The fourth-order valence-electron chi connectivity index (χ4n) is 2.60. The Morgan fingerprint density at radius 1 is 1.00 bits per heavy atom. The molecule has 2 aromatic carbocycles. The van der Waals surface area contributed by atoms with E-state index in [0.717, 1.165) is 12.0 Å². The van der Waals surface area contributed by atoms with Crippen LogP contribution in [0.1, 0.15) is 34.2 Å². The Hall–Kier alpha value is -3.60. The van der Waals surface area contributed by atoms with Gasteiger partial charge in [0.15, 0.2) is 0 Å². The molecule has 0 unspecified atom stereocenters. The van der Waals surface area contributed by atoms with Crippen molar-refractivity contribution in [2.24, 2.45) is 0 Å². The number of rotatable bonds is 6. The number of aryl methyl sites for hydroxylation is 2. The molecule has 0 saturated carbocycles. The second-order valence-electron chi connectivity index (χ2n) is 6.40. The molecule has 5 heteroatoms. The quantitative estimate of drug-likeness (QED) is 0.621. The Kier molecular flexibility index (Phi) is 6.07. The Morgan fingerprint density at radius 2 is 1.71 bits per heavy atom. The van der Waals surface area contributed by atoms with Crippen molar-refractivity contribution in [3.63, 3.8) is 0 Å². The highest BCUT2D eigenvalue weighted by Gasteiger charge is 2.15. The predicted octanol–water partition coefficient (Wildman–Crippen LogP) is 4.56. The number of benzene rings is 2. The maximum atomic E-state index is 12.8. The summed E-state index contributed by atoms with van der Waals surface area (Å²) in [6.45, 7) is 4.01. The van der Waals surface area contributed by atoms with Crippen LogP contribution in [0.2, 0.25) is 0 Å². The minimum absolute atomic E-state index is 0.0973. The highest BCUT2D eigenvalue weighted by molar-refractivity contribution is 6.10. The summed E-state index contributed by atoms with van der Waals surface area (Å²) >= 11 is 0. The summed E-state index contributed by atoms with van der Waals surface area (Å²) in [6.07, 6.45) is 3.93. The van der Waals surface area contributed by atoms with E-state index in [9.17, 15) is 9.59 Å². The molecule has 1 heterocycles. The summed E-state index contributed by atoms with van der Waals surface area (Å²) < 4.78 is 5.29. The fourth-order valence-corrected chi connectivity index (χ4v) is 2.60. The molecule has 0 atom stereocenters. The number of anilines is 1. The first kappa shape index (κ1) is 19.2. The molecule has 0 radical (unpaired) electrons. The molecule has 0 bridgehead atoms. The Labute approximate surface area is 164 Å². The molecular weight excluding hydrogens is 352 g/mol. The molecular formula is C23H22N2O3. The average Bonchev–Trinajstić information content (AvgIpc) is 3.21. The zero-order valence-electron chi connectivity index (χ0n) is 15.9. The summed E-state index contributed by atoms with van der Waals surface area (Å²) in [4.78, 5) is 25.4. The van der Waals surface area contributed by atoms with Crippen molar-refractivity contribution in [1.29, 1.82) is 0 Å². The van der Waals surface area contributed by atoms with Gasteiger partial charge in [-0.15, -0.1) is 0 Å². The molecule has 0 saturated heterocycles. The van der Waals surface area contributed by atoms with E-state index in [1.807, 2.05) is 43.3 Å². The number of furan rings is 1. The molecule has 0 aliphatic rings. The molecule has 0 fully saturated rings. The molecule has 3 aromatic rings. The van der Waals surface area contributed by atoms with Gasteiger partial charge in [-0.3, -0.25) is 9.59 Å². The maximum Gasteiger partial charge on any atom is 0.272 e. The molecule has 0 spiro atoms. The third-order valence-electron chi connectivity index (χ3n) is 4.26. The lowest BCUT2D eigenvalue weighted by atomic mass is 10.1. The highest BCUT2D eigenvalue weighted by Crippen LogP contribution is 2.13. The van der Waals surface area contributed by atoms with Crippen LogP contribution in [-0.4, -0.2) is 11.8 Å². The number of hydrogen-bond donors (Lipinski definition) is 2. The zero-order valence-corrected chi connectivity index (χ0v) is 15.9. The maximum absolute atomic E-state index is 12.8. The fraction of sp³-hybridized carbons (Fsp3) is 0.130. The molecule has 28 heavy (non-hydrogen) atoms. The zero-order chi connectivity index (χ0) is 19.9. The van der Waals surface area contributed by atoms with E-state index in [1.165, 1.54) is 17.9 Å². The first-order valence-corrected chi connectivity index (χ1v) is 9.08. The monoisotopic (exact) mass is 374 g/mol. The van der Waals surface area contributed by atoms with Crippen LogP contribution in [0.3, 0.4) is 0 Å².